The SMILES string of the molecule is CCOC(C)OCC.O=Cc1cc(F)c(F)c(F)c1F. The zero-order valence-corrected chi connectivity index (χ0v) is 11.4. The largest absolute Gasteiger partial charge is 0.353 e. The summed E-state index contributed by atoms with van der Waals surface area (Å²) in [6, 6.07) is 0.292. The Kier molecular flexibility index (Phi) is 8.74. The molecule has 0 unspecified atom stereocenters. The highest BCUT2D eigenvalue weighted by molar-refractivity contribution is 5.75. The quantitative estimate of drug-likeness (QED) is 0.274. The number of halogens is 4. The fraction of sp³-hybridized carbons (Fsp3) is 0.462. The van der Waals surface area contributed by atoms with Crippen LogP contribution in [-0.2, 0) is 9.47 Å². The minimum atomic E-state index is -1.97. The lowest BCUT2D eigenvalue weighted by molar-refractivity contribution is -0.123. The van der Waals surface area contributed by atoms with Crippen molar-refractivity contribution in [2.45, 2.75) is 27.1 Å². The minimum Gasteiger partial charge on any atom is -0.353 e. The third kappa shape index (κ3) is 5.66. The zero-order chi connectivity index (χ0) is 15.7. The topological polar surface area (TPSA) is 35.5 Å². The molecule has 0 radical (unpaired) electrons. The van der Waals surface area contributed by atoms with Gasteiger partial charge < -0.3 is 9.47 Å². The van der Waals surface area contributed by atoms with Crippen LogP contribution in [0.4, 0.5) is 17.6 Å². The van der Waals surface area contributed by atoms with Crippen molar-refractivity contribution in [3.8, 4) is 0 Å². The predicted molar refractivity (Wildman–Crippen MR) is 64.4 cm³/mol. The van der Waals surface area contributed by atoms with Crippen molar-refractivity contribution in [3.05, 3.63) is 34.9 Å². The fourth-order valence-electron chi connectivity index (χ4n) is 1.19. The molecule has 0 aliphatic rings. The van der Waals surface area contributed by atoms with Crippen molar-refractivity contribution in [2.24, 2.45) is 0 Å². The van der Waals surface area contributed by atoms with E-state index < -0.39 is 28.8 Å². The summed E-state index contributed by atoms with van der Waals surface area (Å²) in [6.45, 7) is 7.25. The molecule has 0 aliphatic carbocycles. The first-order valence-corrected chi connectivity index (χ1v) is 5.90. The van der Waals surface area contributed by atoms with Crippen LogP contribution >= 0.6 is 0 Å². The van der Waals surface area contributed by atoms with Gasteiger partial charge in [0.25, 0.3) is 0 Å². The number of rotatable bonds is 5. The molecule has 0 fully saturated rings. The van der Waals surface area contributed by atoms with Gasteiger partial charge in [0, 0.05) is 13.2 Å². The van der Waals surface area contributed by atoms with Gasteiger partial charge in [-0.1, -0.05) is 0 Å². The minimum absolute atomic E-state index is 0.0370. The first-order valence-electron chi connectivity index (χ1n) is 5.90. The third-order valence-corrected chi connectivity index (χ3v) is 2.06. The Bertz CT molecular complexity index is 432. The second-order valence-corrected chi connectivity index (χ2v) is 3.49. The van der Waals surface area contributed by atoms with Gasteiger partial charge in [0.1, 0.15) is 0 Å². The van der Waals surface area contributed by atoms with E-state index in [1.54, 1.807) is 0 Å². The molecule has 1 rings (SSSR count). The van der Waals surface area contributed by atoms with Gasteiger partial charge in [0.05, 0.1) is 5.56 Å². The number of carbonyl (C=O) groups excluding carboxylic acids is 1. The first kappa shape index (κ1) is 18.5. The van der Waals surface area contributed by atoms with Crippen molar-refractivity contribution in [1.82, 2.24) is 0 Å². The molecular weight excluding hydrogens is 280 g/mol. The molecule has 0 atom stereocenters. The first-order chi connectivity index (χ1) is 9.38. The van der Waals surface area contributed by atoms with Crippen LogP contribution in [0.5, 0.6) is 0 Å². The Morgan fingerprint density at radius 2 is 1.55 bits per heavy atom. The molecule has 1 aromatic carbocycles. The predicted octanol–water partition coefficient (Wildman–Crippen LogP) is 3.46. The van der Waals surface area contributed by atoms with E-state index >= 15 is 0 Å². The van der Waals surface area contributed by atoms with Crippen LogP contribution in [0.25, 0.3) is 0 Å². The van der Waals surface area contributed by atoms with Gasteiger partial charge in [0.2, 0.25) is 0 Å². The molecule has 0 saturated carbocycles. The van der Waals surface area contributed by atoms with E-state index in [1.807, 2.05) is 20.8 Å². The smallest absolute Gasteiger partial charge is 0.198 e. The van der Waals surface area contributed by atoms with E-state index in [1.165, 1.54) is 0 Å². The maximum atomic E-state index is 12.4. The second-order valence-electron chi connectivity index (χ2n) is 3.49. The van der Waals surface area contributed by atoms with Gasteiger partial charge in [-0.25, -0.2) is 17.6 Å². The highest BCUT2D eigenvalue weighted by Gasteiger charge is 2.17. The summed E-state index contributed by atoms with van der Waals surface area (Å²) in [6.07, 6.45) is -0.133. The maximum Gasteiger partial charge on any atom is 0.198 e. The molecule has 0 aromatic heterocycles. The van der Waals surface area contributed by atoms with Crippen molar-refractivity contribution < 1.29 is 31.8 Å². The van der Waals surface area contributed by atoms with Crippen LogP contribution in [0, 0.1) is 23.3 Å². The fourth-order valence-corrected chi connectivity index (χ4v) is 1.19. The van der Waals surface area contributed by atoms with E-state index in [-0.39, 0.29) is 12.6 Å². The summed E-state index contributed by atoms with van der Waals surface area (Å²) in [7, 11) is 0. The molecule has 1 aromatic rings. The zero-order valence-electron chi connectivity index (χ0n) is 11.4. The van der Waals surface area contributed by atoms with Gasteiger partial charge in [0.15, 0.2) is 35.8 Å². The van der Waals surface area contributed by atoms with Gasteiger partial charge >= 0.3 is 0 Å². The molecule has 114 valence electrons. The van der Waals surface area contributed by atoms with E-state index in [0.29, 0.717) is 6.07 Å². The summed E-state index contributed by atoms with van der Waals surface area (Å²) in [5.41, 5.74) is -0.841. The van der Waals surface area contributed by atoms with E-state index in [9.17, 15) is 22.4 Å². The highest BCUT2D eigenvalue weighted by Crippen LogP contribution is 2.16. The Hall–Kier alpha value is -1.47. The molecule has 7 heteroatoms. The Morgan fingerprint density at radius 3 is 1.95 bits per heavy atom. The third-order valence-electron chi connectivity index (χ3n) is 2.06. The lowest BCUT2D eigenvalue weighted by Crippen LogP contribution is -2.11. The maximum absolute atomic E-state index is 12.4. The summed E-state index contributed by atoms with van der Waals surface area (Å²) in [4.78, 5) is 9.95. The van der Waals surface area contributed by atoms with Crippen LogP contribution in [-0.4, -0.2) is 25.8 Å². The van der Waals surface area contributed by atoms with Crippen LogP contribution in [0.15, 0.2) is 6.07 Å². The van der Waals surface area contributed by atoms with E-state index in [4.69, 9.17) is 9.47 Å². The van der Waals surface area contributed by atoms with Gasteiger partial charge in [-0.2, -0.15) is 0 Å². The normalized spacial score (nSPS) is 10.2. The molecule has 0 aliphatic heterocycles. The molecule has 0 amide bonds. The van der Waals surface area contributed by atoms with Gasteiger partial charge in [-0.15, -0.1) is 0 Å². The molecule has 0 N–H and O–H groups in total. The Balaban J connectivity index is 0.000000396. The standard InChI is InChI=1S/C7H2F4O.C6H14O2/c8-4-1-3(2-12)5(9)7(11)6(4)10;1-4-7-6(3)8-5-2/h1-2H;6H,4-5H2,1-3H3. The van der Waals surface area contributed by atoms with E-state index in [2.05, 4.69) is 0 Å². The molecule has 20 heavy (non-hydrogen) atoms. The summed E-state index contributed by atoms with van der Waals surface area (Å²) in [5.74, 6) is -7.16. The summed E-state index contributed by atoms with van der Waals surface area (Å²) in [5, 5.41) is 0. The van der Waals surface area contributed by atoms with Crippen LogP contribution in [0.1, 0.15) is 31.1 Å². The van der Waals surface area contributed by atoms with Crippen molar-refractivity contribution >= 4 is 6.29 Å². The number of aldehydes is 1. The average Bonchev–Trinajstić information content (AvgIpc) is 2.42. The number of hydrogen-bond acceptors (Lipinski definition) is 3. The molecule has 0 bridgehead atoms. The highest BCUT2D eigenvalue weighted by atomic mass is 19.2. The van der Waals surface area contributed by atoms with Crippen molar-refractivity contribution in [3.63, 3.8) is 0 Å². The van der Waals surface area contributed by atoms with Gasteiger partial charge in [-0.3, -0.25) is 4.79 Å². The van der Waals surface area contributed by atoms with Crippen LogP contribution in [0.2, 0.25) is 0 Å². The Labute approximate surface area is 114 Å². The van der Waals surface area contributed by atoms with Gasteiger partial charge in [-0.05, 0) is 26.8 Å². The number of hydrogen-bond donors (Lipinski definition) is 0. The van der Waals surface area contributed by atoms with Crippen molar-refractivity contribution in [2.75, 3.05) is 13.2 Å². The van der Waals surface area contributed by atoms with Crippen LogP contribution in [0.3, 0.4) is 0 Å². The number of carbonyl (C=O) groups is 1. The summed E-state index contributed by atoms with van der Waals surface area (Å²) >= 11 is 0. The summed E-state index contributed by atoms with van der Waals surface area (Å²) < 4.78 is 59.3. The molecule has 3 nitrogen and oxygen atoms in total. The van der Waals surface area contributed by atoms with E-state index in [0.717, 1.165) is 13.2 Å². The molecule has 0 saturated heterocycles. The van der Waals surface area contributed by atoms with Crippen LogP contribution < -0.4 is 0 Å². The lowest BCUT2D eigenvalue weighted by atomic mass is 10.2. The monoisotopic (exact) mass is 296 g/mol. The lowest BCUT2D eigenvalue weighted by Gasteiger charge is -2.09. The number of benzene rings is 1. The molecule has 0 heterocycles. The van der Waals surface area contributed by atoms with Crippen molar-refractivity contribution in [1.29, 1.82) is 0 Å². The number of ether oxygens (including phenoxy) is 2. The molecule has 0 spiro atoms. The molecular formula is C13H16F4O3. The Morgan fingerprint density at radius 1 is 1.05 bits per heavy atom. The second kappa shape index (κ2) is 9.44. The average molecular weight is 296 g/mol.